The highest BCUT2D eigenvalue weighted by Crippen LogP contribution is 1.92. The van der Waals surface area contributed by atoms with Crippen molar-refractivity contribution in [2.45, 2.75) is 19.8 Å². The SMILES string of the molecule is CCCCON[SiH](c1ccccc1)c1ccccc1. The average molecular weight is 271 g/mol. The summed E-state index contributed by atoms with van der Waals surface area (Å²) in [4.78, 5) is 5.66. The van der Waals surface area contributed by atoms with Crippen LogP contribution >= 0.6 is 0 Å². The molecule has 0 radical (unpaired) electrons. The highest BCUT2D eigenvalue weighted by atomic mass is 28.3. The highest BCUT2D eigenvalue weighted by Gasteiger charge is 2.15. The monoisotopic (exact) mass is 271 g/mol. The van der Waals surface area contributed by atoms with Crippen molar-refractivity contribution in [3.05, 3.63) is 60.7 Å². The second-order valence-electron chi connectivity index (χ2n) is 4.57. The normalized spacial score (nSPS) is 10.8. The molecule has 0 spiro atoms. The lowest BCUT2D eigenvalue weighted by molar-refractivity contribution is 0.0891. The van der Waals surface area contributed by atoms with Gasteiger partial charge in [-0.15, -0.1) is 0 Å². The quantitative estimate of drug-likeness (QED) is 0.471. The van der Waals surface area contributed by atoms with E-state index in [4.69, 9.17) is 4.84 Å². The molecule has 0 bridgehead atoms. The first-order chi connectivity index (χ1) is 9.42. The van der Waals surface area contributed by atoms with Gasteiger partial charge in [-0.2, -0.15) is 0 Å². The summed E-state index contributed by atoms with van der Waals surface area (Å²) in [5.41, 5.74) is 0. The Labute approximate surface area is 117 Å². The van der Waals surface area contributed by atoms with Crippen molar-refractivity contribution in [1.29, 1.82) is 0 Å². The molecule has 0 aliphatic carbocycles. The van der Waals surface area contributed by atoms with E-state index >= 15 is 0 Å². The van der Waals surface area contributed by atoms with E-state index in [1.165, 1.54) is 10.4 Å². The van der Waals surface area contributed by atoms with Gasteiger partial charge in [0.05, 0.1) is 6.61 Å². The van der Waals surface area contributed by atoms with Crippen LogP contribution in [-0.2, 0) is 4.84 Å². The summed E-state index contributed by atoms with van der Waals surface area (Å²) in [7, 11) is -1.47. The van der Waals surface area contributed by atoms with E-state index in [1.54, 1.807) is 0 Å². The lowest BCUT2D eigenvalue weighted by atomic mass is 10.4. The number of hydrogen-bond donors (Lipinski definition) is 1. The van der Waals surface area contributed by atoms with E-state index in [0.29, 0.717) is 0 Å². The molecule has 100 valence electrons. The van der Waals surface area contributed by atoms with E-state index in [-0.39, 0.29) is 0 Å². The van der Waals surface area contributed by atoms with Gasteiger partial charge in [-0.3, -0.25) is 0 Å². The Hall–Kier alpha value is -1.42. The summed E-state index contributed by atoms with van der Waals surface area (Å²) in [6, 6.07) is 21.2. The van der Waals surface area contributed by atoms with Crippen LogP contribution in [0.5, 0.6) is 0 Å². The fourth-order valence-corrected chi connectivity index (χ4v) is 4.13. The lowest BCUT2D eigenvalue weighted by Crippen LogP contribution is -2.54. The Morgan fingerprint density at radius 3 is 1.89 bits per heavy atom. The molecule has 0 atom stereocenters. The summed E-state index contributed by atoms with van der Waals surface area (Å²) in [5.74, 6) is 0. The molecule has 2 aromatic carbocycles. The van der Waals surface area contributed by atoms with E-state index in [1.807, 2.05) is 0 Å². The van der Waals surface area contributed by atoms with Crippen molar-refractivity contribution in [3.8, 4) is 0 Å². The number of hydrogen-bond acceptors (Lipinski definition) is 2. The maximum absolute atomic E-state index is 5.66. The van der Waals surface area contributed by atoms with Crippen LogP contribution in [0.2, 0.25) is 0 Å². The first-order valence-corrected chi connectivity index (χ1v) is 8.62. The zero-order valence-electron chi connectivity index (χ0n) is 11.4. The standard InChI is InChI=1S/C16H21NOSi/c1-2-3-14-18-17-19(15-10-6-4-7-11-15)16-12-8-5-9-13-16/h4-13,17,19H,2-3,14H2,1H3. The summed E-state index contributed by atoms with van der Waals surface area (Å²) in [5, 5.41) is 6.03. The van der Waals surface area contributed by atoms with E-state index in [2.05, 4.69) is 72.7 Å². The molecular weight excluding hydrogens is 250 g/mol. The average Bonchev–Trinajstić information content (AvgIpc) is 2.49. The second kappa shape index (κ2) is 7.89. The predicted octanol–water partition coefficient (Wildman–Crippen LogP) is 1.85. The Morgan fingerprint density at radius 1 is 0.895 bits per heavy atom. The van der Waals surface area contributed by atoms with Gasteiger partial charge in [-0.1, -0.05) is 74.0 Å². The van der Waals surface area contributed by atoms with Crippen LogP contribution in [0.15, 0.2) is 60.7 Å². The number of benzene rings is 2. The van der Waals surface area contributed by atoms with Gasteiger partial charge < -0.3 is 4.84 Å². The Balaban J connectivity index is 2.10. The van der Waals surface area contributed by atoms with E-state index in [9.17, 15) is 0 Å². The first-order valence-electron chi connectivity index (χ1n) is 6.89. The summed E-state index contributed by atoms with van der Waals surface area (Å²) in [6.45, 7) is 2.95. The molecule has 0 aliphatic rings. The smallest absolute Gasteiger partial charge is 0.202 e. The number of nitrogens with one attached hydrogen (secondary N) is 1. The minimum absolute atomic E-state index is 0.777. The molecule has 0 saturated carbocycles. The third-order valence-corrected chi connectivity index (χ3v) is 5.57. The summed E-state index contributed by atoms with van der Waals surface area (Å²) < 4.78 is 0. The van der Waals surface area contributed by atoms with Gasteiger partial charge >= 0.3 is 0 Å². The van der Waals surface area contributed by atoms with Crippen LogP contribution in [0.25, 0.3) is 0 Å². The molecule has 2 nitrogen and oxygen atoms in total. The second-order valence-corrected chi connectivity index (χ2v) is 7.01. The van der Waals surface area contributed by atoms with Gasteiger partial charge in [0.15, 0.2) is 0 Å². The van der Waals surface area contributed by atoms with Gasteiger partial charge in [-0.05, 0) is 16.8 Å². The fraction of sp³-hybridized carbons (Fsp3) is 0.250. The molecular formula is C16H21NOSi. The Bertz CT molecular complexity index is 421. The van der Waals surface area contributed by atoms with E-state index < -0.39 is 8.96 Å². The fourth-order valence-electron chi connectivity index (χ4n) is 1.98. The van der Waals surface area contributed by atoms with E-state index in [0.717, 1.165) is 19.4 Å². The lowest BCUT2D eigenvalue weighted by Gasteiger charge is -2.17. The van der Waals surface area contributed by atoms with Crippen LogP contribution in [0.1, 0.15) is 19.8 Å². The molecule has 0 aliphatic heterocycles. The Morgan fingerprint density at radius 2 is 1.42 bits per heavy atom. The molecule has 0 saturated heterocycles. The van der Waals surface area contributed by atoms with Gasteiger partial charge in [0.2, 0.25) is 8.96 Å². The molecule has 19 heavy (non-hydrogen) atoms. The zero-order valence-corrected chi connectivity index (χ0v) is 12.5. The summed E-state index contributed by atoms with van der Waals surface area (Å²) in [6.07, 6.45) is 2.25. The zero-order chi connectivity index (χ0) is 13.3. The topological polar surface area (TPSA) is 21.3 Å². The summed E-state index contributed by atoms with van der Waals surface area (Å²) >= 11 is 0. The van der Waals surface area contributed by atoms with Crippen LogP contribution in [0.3, 0.4) is 0 Å². The molecule has 2 rings (SSSR count). The molecule has 0 fully saturated rings. The van der Waals surface area contributed by atoms with Crippen molar-refractivity contribution < 1.29 is 4.84 Å². The minimum atomic E-state index is -1.47. The van der Waals surface area contributed by atoms with Gasteiger partial charge in [0.25, 0.3) is 0 Å². The molecule has 0 amide bonds. The Kier molecular flexibility index (Phi) is 5.81. The number of rotatable bonds is 7. The maximum Gasteiger partial charge on any atom is 0.202 e. The van der Waals surface area contributed by atoms with Crippen LogP contribution in [0, 0.1) is 0 Å². The molecule has 2 aromatic rings. The predicted molar refractivity (Wildman–Crippen MR) is 83.3 cm³/mol. The van der Waals surface area contributed by atoms with Crippen LogP contribution < -0.4 is 15.5 Å². The van der Waals surface area contributed by atoms with Gasteiger partial charge in [0, 0.05) is 0 Å². The minimum Gasteiger partial charge on any atom is -0.308 e. The van der Waals surface area contributed by atoms with Crippen LogP contribution in [-0.4, -0.2) is 15.6 Å². The van der Waals surface area contributed by atoms with Crippen molar-refractivity contribution in [3.63, 3.8) is 0 Å². The first kappa shape index (κ1) is 14.0. The molecule has 0 heterocycles. The third kappa shape index (κ3) is 4.31. The number of unbranched alkanes of at least 4 members (excludes halogenated alkanes) is 1. The largest absolute Gasteiger partial charge is 0.308 e. The molecule has 0 unspecified atom stereocenters. The van der Waals surface area contributed by atoms with Crippen molar-refractivity contribution in [2.75, 3.05) is 6.61 Å². The van der Waals surface area contributed by atoms with Gasteiger partial charge in [0.1, 0.15) is 0 Å². The highest BCUT2D eigenvalue weighted by molar-refractivity contribution is 6.82. The van der Waals surface area contributed by atoms with Gasteiger partial charge in [-0.25, -0.2) is 5.15 Å². The van der Waals surface area contributed by atoms with Crippen molar-refractivity contribution in [1.82, 2.24) is 5.15 Å². The molecule has 1 N–H and O–H groups in total. The van der Waals surface area contributed by atoms with Crippen molar-refractivity contribution in [2.24, 2.45) is 0 Å². The third-order valence-electron chi connectivity index (χ3n) is 3.07. The maximum atomic E-state index is 5.66. The van der Waals surface area contributed by atoms with Crippen molar-refractivity contribution >= 4 is 19.3 Å². The molecule has 3 heteroatoms. The molecule has 0 aromatic heterocycles. The van der Waals surface area contributed by atoms with Crippen LogP contribution in [0.4, 0.5) is 0 Å².